The summed E-state index contributed by atoms with van der Waals surface area (Å²) >= 11 is 1.86. The SMILES string of the molecule is CCOCCOP(=O)(NCCC(CCNC(=O)CCCC1SCC2NC(=O)NC21)OC)OC(C)(C)C. The van der Waals surface area contributed by atoms with Gasteiger partial charge in [-0.1, -0.05) is 0 Å². The lowest BCUT2D eigenvalue weighted by Gasteiger charge is -2.27. The molecule has 2 fully saturated rings. The second kappa shape index (κ2) is 15.5. The largest absolute Gasteiger partial charge is 0.406 e. The zero-order valence-corrected chi connectivity index (χ0v) is 24.0. The highest BCUT2D eigenvalue weighted by molar-refractivity contribution is 8.00. The summed E-state index contributed by atoms with van der Waals surface area (Å²) in [6, 6.07) is 0.285. The van der Waals surface area contributed by atoms with Crippen molar-refractivity contribution in [2.75, 3.05) is 45.8 Å². The highest BCUT2D eigenvalue weighted by Gasteiger charge is 2.42. The van der Waals surface area contributed by atoms with Crippen LogP contribution in [0.4, 0.5) is 4.79 Å². The predicted molar refractivity (Wildman–Crippen MR) is 141 cm³/mol. The molecule has 0 aromatic rings. The first kappa shape index (κ1) is 31.3. The summed E-state index contributed by atoms with van der Waals surface area (Å²) in [6.07, 6.45) is 3.25. The molecule has 2 rings (SSSR count). The number of fused-ring (bicyclic) bond motifs is 1. The Morgan fingerprint density at radius 1 is 1.22 bits per heavy atom. The summed E-state index contributed by atoms with van der Waals surface area (Å²) in [4.78, 5) is 23.7. The Labute approximate surface area is 219 Å². The molecule has 36 heavy (non-hydrogen) atoms. The molecular formula is C23H45N4O7PS. The van der Waals surface area contributed by atoms with Crippen LogP contribution in [0.2, 0.25) is 0 Å². The number of carbonyl (C=O) groups is 2. The lowest BCUT2D eigenvalue weighted by atomic mass is 10.0. The maximum atomic E-state index is 13.1. The van der Waals surface area contributed by atoms with E-state index < -0.39 is 13.3 Å². The fourth-order valence-electron chi connectivity index (χ4n) is 4.14. The molecule has 2 aliphatic heterocycles. The van der Waals surface area contributed by atoms with E-state index in [4.69, 9.17) is 18.5 Å². The number of amides is 3. The summed E-state index contributed by atoms with van der Waals surface area (Å²) in [6.45, 7) is 9.29. The summed E-state index contributed by atoms with van der Waals surface area (Å²) in [5.74, 6) is 0.937. The predicted octanol–water partition coefficient (Wildman–Crippen LogP) is 2.80. The van der Waals surface area contributed by atoms with Crippen molar-refractivity contribution in [3.05, 3.63) is 0 Å². The van der Waals surface area contributed by atoms with E-state index in [2.05, 4.69) is 21.0 Å². The molecule has 0 spiro atoms. The molecule has 2 saturated heterocycles. The van der Waals surface area contributed by atoms with E-state index in [9.17, 15) is 14.2 Å². The number of hydrogen-bond donors (Lipinski definition) is 4. The van der Waals surface area contributed by atoms with Crippen LogP contribution in [0, 0.1) is 0 Å². The smallest absolute Gasteiger partial charge is 0.381 e. The van der Waals surface area contributed by atoms with Gasteiger partial charge in [0.15, 0.2) is 0 Å². The van der Waals surface area contributed by atoms with Gasteiger partial charge in [-0.3, -0.25) is 13.8 Å². The number of urea groups is 1. The van der Waals surface area contributed by atoms with Gasteiger partial charge in [0.25, 0.3) is 0 Å². The zero-order valence-electron chi connectivity index (χ0n) is 22.3. The second-order valence-corrected chi connectivity index (χ2v) is 13.0. The monoisotopic (exact) mass is 552 g/mol. The van der Waals surface area contributed by atoms with Crippen molar-refractivity contribution in [3.63, 3.8) is 0 Å². The molecule has 0 saturated carbocycles. The van der Waals surface area contributed by atoms with Crippen molar-refractivity contribution in [2.24, 2.45) is 0 Å². The third kappa shape index (κ3) is 11.7. The summed E-state index contributed by atoms with van der Waals surface area (Å²) in [7, 11) is -1.88. The van der Waals surface area contributed by atoms with E-state index >= 15 is 0 Å². The van der Waals surface area contributed by atoms with E-state index in [1.807, 2.05) is 39.5 Å². The third-order valence-electron chi connectivity index (χ3n) is 5.81. The highest BCUT2D eigenvalue weighted by Crippen LogP contribution is 2.47. The van der Waals surface area contributed by atoms with Gasteiger partial charge >= 0.3 is 13.8 Å². The summed E-state index contributed by atoms with van der Waals surface area (Å²) in [5, 5.41) is 12.1. The molecule has 4 N–H and O–H groups in total. The minimum Gasteiger partial charge on any atom is -0.381 e. The van der Waals surface area contributed by atoms with Gasteiger partial charge in [-0.25, -0.2) is 14.4 Å². The number of nitrogens with one attached hydrogen (secondary N) is 4. The van der Waals surface area contributed by atoms with Crippen LogP contribution in [-0.2, 0) is 27.9 Å². The molecule has 0 aliphatic carbocycles. The third-order valence-corrected chi connectivity index (χ3v) is 9.24. The van der Waals surface area contributed by atoms with E-state index in [-0.39, 0.29) is 36.7 Å². The standard InChI is InChI=1S/C23H45N4O7PS/c1-6-32-14-15-33-35(30,34-23(2,3)4)25-13-11-17(31-5)10-12-24-20(28)9-7-8-19-21-18(16-36-19)26-22(29)27-21/h17-19,21H,6-16H2,1-5H3,(H,24,28)(H,25,30)(H2,26,27,29). The van der Waals surface area contributed by atoms with Crippen LogP contribution in [0.25, 0.3) is 0 Å². The molecule has 2 aliphatic rings. The molecule has 2 heterocycles. The lowest BCUT2D eigenvalue weighted by Crippen LogP contribution is -2.37. The number of hydrogen-bond acceptors (Lipinski definition) is 8. The Bertz CT molecular complexity index is 740. The molecular weight excluding hydrogens is 507 g/mol. The average Bonchev–Trinajstić information content (AvgIpc) is 3.34. The average molecular weight is 553 g/mol. The van der Waals surface area contributed by atoms with Crippen LogP contribution in [-0.4, -0.2) is 86.7 Å². The van der Waals surface area contributed by atoms with E-state index in [0.29, 0.717) is 50.8 Å². The first-order chi connectivity index (χ1) is 17.0. The number of methoxy groups -OCH3 is 1. The van der Waals surface area contributed by atoms with Crippen molar-refractivity contribution >= 4 is 31.4 Å². The van der Waals surface area contributed by atoms with Gasteiger partial charge < -0.3 is 25.4 Å². The van der Waals surface area contributed by atoms with Crippen molar-refractivity contribution in [3.8, 4) is 0 Å². The normalized spacial score (nSPS) is 24.0. The molecule has 5 unspecified atom stereocenters. The summed E-state index contributed by atoms with van der Waals surface area (Å²) < 4.78 is 35.1. The minimum atomic E-state index is -3.51. The van der Waals surface area contributed by atoms with Crippen LogP contribution in [0.15, 0.2) is 0 Å². The van der Waals surface area contributed by atoms with Crippen molar-refractivity contribution < 1.29 is 32.7 Å². The number of carbonyl (C=O) groups excluding carboxylic acids is 2. The Kier molecular flexibility index (Phi) is 13.5. The number of thioether (sulfide) groups is 1. The highest BCUT2D eigenvalue weighted by atomic mass is 32.2. The molecule has 5 atom stereocenters. The zero-order chi connectivity index (χ0) is 26.6. The fraction of sp³-hybridized carbons (Fsp3) is 0.913. The van der Waals surface area contributed by atoms with Crippen LogP contribution < -0.4 is 21.0 Å². The molecule has 11 nitrogen and oxygen atoms in total. The molecule has 210 valence electrons. The second-order valence-electron chi connectivity index (χ2n) is 9.94. The maximum absolute atomic E-state index is 13.1. The molecule has 0 aromatic heterocycles. The van der Waals surface area contributed by atoms with Gasteiger partial charge in [0, 0.05) is 44.2 Å². The Morgan fingerprint density at radius 2 is 1.97 bits per heavy atom. The van der Waals surface area contributed by atoms with Gasteiger partial charge in [-0.15, -0.1) is 0 Å². The molecule has 0 bridgehead atoms. The quantitative estimate of drug-likeness (QED) is 0.115. The molecule has 0 radical (unpaired) electrons. The van der Waals surface area contributed by atoms with Gasteiger partial charge in [-0.2, -0.15) is 11.8 Å². The van der Waals surface area contributed by atoms with Crippen molar-refractivity contribution in [1.29, 1.82) is 0 Å². The van der Waals surface area contributed by atoms with Crippen LogP contribution in [0.5, 0.6) is 0 Å². The van der Waals surface area contributed by atoms with Crippen LogP contribution >= 0.6 is 19.5 Å². The minimum absolute atomic E-state index is 0.0156. The molecule has 13 heteroatoms. The van der Waals surface area contributed by atoms with E-state index in [1.165, 1.54) is 0 Å². The van der Waals surface area contributed by atoms with Crippen LogP contribution in [0.3, 0.4) is 0 Å². The van der Waals surface area contributed by atoms with Gasteiger partial charge in [-0.05, 0) is 53.4 Å². The number of rotatable bonds is 18. The Morgan fingerprint density at radius 3 is 2.67 bits per heavy atom. The van der Waals surface area contributed by atoms with Crippen molar-refractivity contribution in [1.82, 2.24) is 21.0 Å². The van der Waals surface area contributed by atoms with Gasteiger partial charge in [0.05, 0.1) is 37.0 Å². The Balaban J connectivity index is 1.62. The van der Waals surface area contributed by atoms with E-state index in [1.54, 1.807) is 7.11 Å². The Hall–Kier alpha value is -0.880. The van der Waals surface area contributed by atoms with Crippen LogP contribution in [0.1, 0.15) is 59.8 Å². The van der Waals surface area contributed by atoms with Crippen molar-refractivity contribution in [2.45, 2.75) is 88.8 Å². The fourth-order valence-corrected chi connectivity index (χ4v) is 7.33. The van der Waals surface area contributed by atoms with Gasteiger partial charge in [0.2, 0.25) is 5.91 Å². The topological polar surface area (TPSA) is 136 Å². The van der Waals surface area contributed by atoms with E-state index in [0.717, 1.165) is 18.6 Å². The molecule has 3 amide bonds. The maximum Gasteiger partial charge on any atom is 0.406 e. The van der Waals surface area contributed by atoms with Gasteiger partial charge in [0.1, 0.15) is 0 Å². The molecule has 0 aromatic carbocycles. The first-order valence-corrected chi connectivity index (χ1v) is 15.4. The first-order valence-electron chi connectivity index (χ1n) is 12.8. The number of ether oxygens (including phenoxy) is 2. The lowest BCUT2D eigenvalue weighted by molar-refractivity contribution is -0.121. The summed E-state index contributed by atoms with van der Waals surface area (Å²) in [5.41, 5.74) is -0.640.